The zero-order valence-corrected chi connectivity index (χ0v) is 11.7. The summed E-state index contributed by atoms with van der Waals surface area (Å²) in [5, 5.41) is 14.3. The minimum absolute atomic E-state index is 0.0870. The van der Waals surface area contributed by atoms with E-state index in [0.29, 0.717) is 6.04 Å². The van der Waals surface area contributed by atoms with E-state index in [1.165, 1.54) is 37.8 Å². The van der Waals surface area contributed by atoms with Gasteiger partial charge in [0.1, 0.15) is 0 Å². The normalized spacial score (nSPS) is 23.8. The van der Waals surface area contributed by atoms with Crippen LogP contribution in [0.2, 0.25) is 0 Å². The van der Waals surface area contributed by atoms with Gasteiger partial charge in [0.2, 0.25) is 0 Å². The second kappa shape index (κ2) is 6.06. The molecule has 1 aliphatic carbocycles. The van der Waals surface area contributed by atoms with Gasteiger partial charge in [-0.05, 0) is 31.7 Å². The maximum absolute atomic E-state index is 9.52. The molecule has 0 unspecified atom stereocenters. The van der Waals surface area contributed by atoms with Crippen molar-refractivity contribution in [2.45, 2.75) is 63.6 Å². The van der Waals surface area contributed by atoms with Crippen LogP contribution in [0.25, 0.3) is 0 Å². The van der Waals surface area contributed by atoms with Gasteiger partial charge in [-0.1, -0.05) is 19.3 Å². The van der Waals surface area contributed by atoms with Crippen molar-refractivity contribution >= 4 is 0 Å². The summed E-state index contributed by atoms with van der Waals surface area (Å²) in [6, 6.07) is 2.80. The van der Waals surface area contributed by atoms with Gasteiger partial charge in [0.05, 0.1) is 17.8 Å². The zero-order valence-electron chi connectivity index (χ0n) is 11.7. The highest BCUT2D eigenvalue weighted by Crippen LogP contribution is 2.27. The Bertz CT molecular complexity index is 390. The summed E-state index contributed by atoms with van der Waals surface area (Å²) < 4.78 is 2.19. The maximum Gasteiger partial charge on any atom is 0.0764 e. The third-order valence-corrected chi connectivity index (χ3v) is 4.56. The molecule has 1 aromatic heterocycles. The fourth-order valence-corrected chi connectivity index (χ4v) is 3.32. The minimum Gasteiger partial charge on any atom is -0.393 e. The maximum atomic E-state index is 9.52. The van der Waals surface area contributed by atoms with Crippen molar-refractivity contribution in [3.8, 4) is 0 Å². The number of aromatic nitrogens is 2. The largest absolute Gasteiger partial charge is 0.393 e. The zero-order chi connectivity index (χ0) is 13.1. The monoisotopic (exact) mass is 263 g/mol. The van der Waals surface area contributed by atoms with Crippen molar-refractivity contribution in [3.05, 3.63) is 18.0 Å². The highest BCUT2D eigenvalue weighted by atomic mass is 16.3. The van der Waals surface area contributed by atoms with Gasteiger partial charge in [-0.25, -0.2) is 0 Å². The highest BCUT2D eigenvalue weighted by Gasteiger charge is 2.19. The van der Waals surface area contributed by atoms with Crippen LogP contribution in [-0.4, -0.2) is 39.0 Å². The Morgan fingerprint density at radius 1 is 1.11 bits per heavy atom. The molecule has 1 aromatic rings. The topological polar surface area (TPSA) is 41.3 Å². The van der Waals surface area contributed by atoms with Gasteiger partial charge in [0, 0.05) is 25.8 Å². The molecule has 1 saturated heterocycles. The van der Waals surface area contributed by atoms with Crippen molar-refractivity contribution in [1.29, 1.82) is 0 Å². The first kappa shape index (κ1) is 13.1. The van der Waals surface area contributed by atoms with Crippen molar-refractivity contribution in [1.82, 2.24) is 14.7 Å². The number of likely N-dealkylation sites (tertiary alicyclic amines) is 1. The average Bonchev–Trinajstić information content (AvgIpc) is 2.91. The Hall–Kier alpha value is -0.870. The number of aliphatic hydroxyl groups is 1. The molecule has 2 heterocycles. The van der Waals surface area contributed by atoms with Crippen molar-refractivity contribution in [2.75, 3.05) is 13.1 Å². The van der Waals surface area contributed by atoms with Crippen LogP contribution in [0.15, 0.2) is 12.3 Å². The first-order valence-corrected chi connectivity index (χ1v) is 7.76. The molecular formula is C15H25N3O. The Labute approximate surface area is 115 Å². The molecule has 0 bridgehead atoms. The quantitative estimate of drug-likeness (QED) is 0.910. The Kier molecular flexibility index (Phi) is 4.18. The second-order valence-corrected chi connectivity index (χ2v) is 6.09. The molecule has 106 valence electrons. The molecule has 19 heavy (non-hydrogen) atoms. The average molecular weight is 263 g/mol. The second-order valence-electron chi connectivity index (χ2n) is 6.09. The standard InChI is InChI=1S/C15H25N3O/c19-15-7-9-17(10-8-15)12-13-6-11-18(16-13)14-4-2-1-3-5-14/h6,11,14-15,19H,1-5,7-10,12H2. The lowest BCUT2D eigenvalue weighted by atomic mass is 9.96. The summed E-state index contributed by atoms with van der Waals surface area (Å²) in [5.41, 5.74) is 1.18. The van der Waals surface area contributed by atoms with Crippen LogP contribution >= 0.6 is 0 Å². The molecular weight excluding hydrogens is 238 g/mol. The molecule has 0 atom stereocenters. The lowest BCUT2D eigenvalue weighted by molar-refractivity contribution is 0.0785. The third kappa shape index (κ3) is 3.37. The summed E-state index contributed by atoms with van der Waals surface area (Å²) in [4.78, 5) is 2.40. The molecule has 2 fully saturated rings. The van der Waals surface area contributed by atoms with Gasteiger partial charge < -0.3 is 5.11 Å². The molecule has 0 spiro atoms. The third-order valence-electron chi connectivity index (χ3n) is 4.56. The van der Waals surface area contributed by atoms with Gasteiger partial charge in [-0.2, -0.15) is 5.10 Å². The van der Waals surface area contributed by atoms with Crippen LogP contribution in [0.1, 0.15) is 56.7 Å². The van der Waals surface area contributed by atoms with Crippen LogP contribution in [0.5, 0.6) is 0 Å². The molecule has 0 amide bonds. The SMILES string of the molecule is OC1CCN(Cc2ccn(C3CCCCC3)n2)CC1. The number of piperidine rings is 1. The number of rotatable bonds is 3. The van der Waals surface area contributed by atoms with E-state index in [9.17, 15) is 5.11 Å². The van der Waals surface area contributed by atoms with E-state index >= 15 is 0 Å². The van der Waals surface area contributed by atoms with E-state index in [1.807, 2.05) is 0 Å². The molecule has 1 aliphatic heterocycles. The van der Waals surface area contributed by atoms with Gasteiger partial charge in [0.15, 0.2) is 0 Å². The molecule has 2 aliphatic rings. The van der Waals surface area contributed by atoms with E-state index < -0.39 is 0 Å². The van der Waals surface area contributed by atoms with Crippen LogP contribution in [0, 0.1) is 0 Å². The van der Waals surface area contributed by atoms with Crippen molar-refractivity contribution in [3.63, 3.8) is 0 Å². The van der Waals surface area contributed by atoms with Gasteiger partial charge >= 0.3 is 0 Å². The van der Waals surface area contributed by atoms with Crippen LogP contribution < -0.4 is 0 Å². The van der Waals surface area contributed by atoms with E-state index in [4.69, 9.17) is 5.10 Å². The molecule has 1 N–H and O–H groups in total. The molecule has 0 radical (unpaired) electrons. The number of hydrogen-bond donors (Lipinski definition) is 1. The van der Waals surface area contributed by atoms with Gasteiger partial charge in [0.25, 0.3) is 0 Å². The molecule has 4 heteroatoms. The summed E-state index contributed by atoms with van der Waals surface area (Å²) in [6.07, 6.45) is 10.6. The predicted octanol–water partition coefficient (Wildman–Crippen LogP) is 2.35. The van der Waals surface area contributed by atoms with E-state index in [2.05, 4.69) is 21.8 Å². The molecule has 1 saturated carbocycles. The Balaban J connectivity index is 1.55. The lowest BCUT2D eigenvalue weighted by Gasteiger charge is -2.28. The minimum atomic E-state index is -0.0870. The van der Waals surface area contributed by atoms with E-state index in [-0.39, 0.29) is 6.10 Å². The van der Waals surface area contributed by atoms with E-state index in [1.54, 1.807) is 0 Å². The fourth-order valence-electron chi connectivity index (χ4n) is 3.32. The number of nitrogens with zero attached hydrogens (tertiary/aromatic N) is 3. The first-order chi connectivity index (χ1) is 9.31. The number of aliphatic hydroxyl groups excluding tert-OH is 1. The van der Waals surface area contributed by atoms with Gasteiger partial charge in [-0.3, -0.25) is 9.58 Å². The Morgan fingerprint density at radius 2 is 1.84 bits per heavy atom. The van der Waals surface area contributed by atoms with Crippen LogP contribution in [0.4, 0.5) is 0 Å². The molecule has 4 nitrogen and oxygen atoms in total. The lowest BCUT2D eigenvalue weighted by Crippen LogP contribution is -2.35. The summed E-state index contributed by atoms with van der Waals surface area (Å²) in [5.74, 6) is 0. The number of hydrogen-bond acceptors (Lipinski definition) is 3. The van der Waals surface area contributed by atoms with Crippen molar-refractivity contribution in [2.24, 2.45) is 0 Å². The molecule has 3 rings (SSSR count). The van der Waals surface area contributed by atoms with Gasteiger partial charge in [-0.15, -0.1) is 0 Å². The summed E-state index contributed by atoms with van der Waals surface area (Å²) >= 11 is 0. The fraction of sp³-hybridized carbons (Fsp3) is 0.800. The predicted molar refractivity (Wildman–Crippen MR) is 74.9 cm³/mol. The van der Waals surface area contributed by atoms with Crippen molar-refractivity contribution < 1.29 is 5.11 Å². The molecule has 0 aromatic carbocycles. The van der Waals surface area contributed by atoms with E-state index in [0.717, 1.165) is 32.5 Å². The first-order valence-electron chi connectivity index (χ1n) is 7.76. The smallest absolute Gasteiger partial charge is 0.0764 e. The highest BCUT2D eigenvalue weighted by molar-refractivity contribution is 5.00. The van der Waals surface area contributed by atoms with Crippen LogP contribution in [-0.2, 0) is 6.54 Å². The summed E-state index contributed by atoms with van der Waals surface area (Å²) in [6.45, 7) is 2.93. The summed E-state index contributed by atoms with van der Waals surface area (Å²) in [7, 11) is 0. The Morgan fingerprint density at radius 3 is 2.58 bits per heavy atom. The van der Waals surface area contributed by atoms with Crippen LogP contribution in [0.3, 0.4) is 0 Å².